The Balaban J connectivity index is 1.28. The van der Waals surface area contributed by atoms with Crippen LogP contribution in [-0.2, 0) is 19.7 Å². The van der Waals surface area contributed by atoms with Crippen LogP contribution in [0, 0.1) is 12.8 Å². The van der Waals surface area contributed by atoms with Crippen molar-refractivity contribution in [3.8, 4) is 22.8 Å². The number of piperidine rings is 1. The molecule has 0 amide bonds. The van der Waals surface area contributed by atoms with E-state index in [1.54, 1.807) is 37.4 Å². The van der Waals surface area contributed by atoms with E-state index in [0.717, 1.165) is 37.1 Å². The smallest absolute Gasteiger partial charge is 0.322 e. The minimum absolute atomic E-state index is 0.00542. The van der Waals surface area contributed by atoms with E-state index in [0.29, 0.717) is 45.7 Å². The second kappa shape index (κ2) is 13.7. The van der Waals surface area contributed by atoms with E-state index in [4.69, 9.17) is 14.3 Å². The first kappa shape index (κ1) is 30.8. The number of aromatic nitrogens is 2. The fraction of sp³-hybridized carbons (Fsp3) is 0.281. The van der Waals surface area contributed by atoms with E-state index in [1.165, 1.54) is 30.6 Å². The lowest BCUT2D eigenvalue weighted by Crippen LogP contribution is -2.32. The van der Waals surface area contributed by atoms with Gasteiger partial charge in [-0.2, -0.15) is 8.42 Å². The highest BCUT2D eigenvalue weighted by Gasteiger charge is 2.27. The van der Waals surface area contributed by atoms with Crippen molar-refractivity contribution in [3.63, 3.8) is 0 Å². The molecule has 0 radical (unpaired) electrons. The number of hydrogen-bond donors (Lipinski definition) is 1. The van der Waals surface area contributed by atoms with Crippen LogP contribution in [0.4, 0.5) is 17.2 Å². The summed E-state index contributed by atoms with van der Waals surface area (Å²) in [7, 11) is -0.383. The van der Waals surface area contributed by atoms with E-state index in [2.05, 4.69) is 27.2 Å². The van der Waals surface area contributed by atoms with Crippen LogP contribution in [0.1, 0.15) is 18.4 Å². The molecule has 0 unspecified atom stereocenters. The zero-order chi connectivity index (χ0) is 31.1. The average Bonchev–Trinajstić information content (AvgIpc) is 3.04. The molecule has 230 valence electrons. The number of methoxy groups -OCH3 is 1. The molecule has 0 aliphatic carbocycles. The fourth-order valence-corrected chi connectivity index (χ4v) is 6.10. The first-order valence-electron chi connectivity index (χ1n) is 14.2. The molecular weight excluding hydrogens is 582 g/mol. The van der Waals surface area contributed by atoms with Gasteiger partial charge in [-0.15, -0.1) is 0 Å². The van der Waals surface area contributed by atoms with Gasteiger partial charge in [-0.25, -0.2) is 9.97 Å². The third-order valence-corrected chi connectivity index (χ3v) is 9.07. The van der Waals surface area contributed by atoms with Crippen molar-refractivity contribution in [1.29, 1.82) is 0 Å². The van der Waals surface area contributed by atoms with E-state index in [1.807, 2.05) is 25.1 Å². The van der Waals surface area contributed by atoms with Gasteiger partial charge in [0.15, 0.2) is 11.5 Å². The van der Waals surface area contributed by atoms with Crippen molar-refractivity contribution in [2.75, 3.05) is 43.6 Å². The van der Waals surface area contributed by atoms with Gasteiger partial charge < -0.3 is 24.5 Å². The predicted molar refractivity (Wildman–Crippen MR) is 167 cm³/mol. The molecule has 1 aliphatic rings. The molecule has 44 heavy (non-hydrogen) atoms. The van der Waals surface area contributed by atoms with Crippen LogP contribution in [0.25, 0.3) is 11.3 Å². The van der Waals surface area contributed by atoms with Gasteiger partial charge in [0.05, 0.1) is 30.0 Å². The summed E-state index contributed by atoms with van der Waals surface area (Å²) in [5.74, 6) is 2.37. The molecule has 0 saturated carbocycles. The maximum absolute atomic E-state index is 13.2. The van der Waals surface area contributed by atoms with Gasteiger partial charge in [0.25, 0.3) is 10.0 Å². The molecule has 1 saturated heterocycles. The molecule has 3 aromatic carbocycles. The average molecular weight is 618 g/mol. The lowest BCUT2D eigenvalue weighted by Gasteiger charge is -2.28. The van der Waals surface area contributed by atoms with Crippen molar-refractivity contribution in [2.24, 2.45) is 5.92 Å². The standard InChI is InChI=1S/C32H35N5O6S/c1-23-4-11-28(12-5-23)44(39,40)37(43-22-38)27-9-7-26(8-10-27)35-32-19-29(33-21-34-32)25-6-13-30(31(18-25)41-3)42-20-24-14-16-36(2)17-15-24/h4-13,18-19,21-22,24H,14-17,20H2,1-3H3,(H,33,34,35). The molecular formula is C32H35N5O6S. The van der Waals surface area contributed by atoms with Gasteiger partial charge in [-0.05, 0) is 100 Å². The van der Waals surface area contributed by atoms with Crippen LogP contribution >= 0.6 is 0 Å². The molecule has 1 N–H and O–H groups in total. The van der Waals surface area contributed by atoms with E-state index >= 15 is 0 Å². The first-order valence-corrected chi connectivity index (χ1v) is 15.6. The Morgan fingerprint density at radius 1 is 0.977 bits per heavy atom. The Labute approximate surface area is 257 Å². The molecule has 11 nitrogen and oxygen atoms in total. The van der Waals surface area contributed by atoms with Gasteiger partial charge in [0.2, 0.25) is 0 Å². The van der Waals surface area contributed by atoms with Gasteiger partial charge in [-0.3, -0.25) is 4.79 Å². The molecule has 0 atom stereocenters. The lowest BCUT2D eigenvalue weighted by molar-refractivity contribution is -0.128. The highest BCUT2D eigenvalue weighted by molar-refractivity contribution is 7.92. The molecule has 0 bridgehead atoms. The Morgan fingerprint density at radius 2 is 1.70 bits per heavy atom. The summed E-state index contributed by atoms with van der Waals surface area (Å²) in [6.07, 6.45) is 3.69. The highest BCUT2D eigenvalue weighted by atomic mass is 32.2. The summed E-state index contributed by atoms with van der Waals surface area (Å²) in [6, 6.07) is 20.1. The van der Waals surface area contributed by atoms with Crippen LogP contribution < -0.4 is 19.3 Å². The molecule has 1 fully saturated rings. The van der Waals surface area contributed by atoms with Crippen molar-refractivity contribution in [1.82, 2.24) is 14.9 Å². The van der Waals surface area contributed by atoms with Crippen molar-refractivity contribution in [2.45, 2.75) is 24.7 Å². The van der Waals surface area contributed by atoms with E-state index < -0.39 is 10.0 Å². The molecule has 0 spiro atoms. The molecule has 4 aromatic rings. The lowest BCUT2D eigenvalue weighted by atomic mass is 9.98. The van der Waals surface area contributed by atoms with Crippen LogP contribution in [-0.4, -0.2) is 63.6 Å². The third kappa shape index (κ3) is 7.26. The number of benzene rings is 3. The minimum atomic E-state index is -4.14. The zero-order valence-corrected chi connectivity index (χ0v) is 25.7. The number of ether oxygens (including phenoxy) is 2. The van der Waals surface area contributed by atoms with Gasteiger partial charge in [-0.1, -0.05) is 22.2 Å². The number of nitrogens with zero attached hydrogens (tertiary/aromatic N) is 4. The number of carbonyl (C=O) groups excluding carboxylic acids is 1. The summed E-state index contributed by atoms with van der Waals surface area (Å²) in [4.78, 5) is 27.1. The Kier molecular flexibility index (Phi) is 9.61. The normalized spacial score (nSPS) is 14.1. The summed E-state index contributed by atoms with van der Waals surface area (Å²) >= 11 is 0. The van der Waals surface area contributed by atoms with E-state index in [-0.39, 0.29) is 17.1 Å². The number of rotatable bonds is 12. The van der Waals surface area contributed by atoms with Crippen LogP contribution in [0.2, 0.25) is 0 Å². The Morgan fingerprint density at radius 3 is 2.39 bits per heavy atom. The summed E-state index contributed by atoms with van der Waals surface area (Å²) in [5.41, 5.74) is 3.19. The van der Waals surface area contributed by atoms with Crippen molar-refractivity contribution in [3.05, 3.63) is 84.7 Å². The topological polar surface area (TPSA) is 123 Å². The summed E-state index contributed by atoms with van der Waals surface area (Å²) in [5, 5.41) is 3.20. The number of anilines is 3. The second-order valence-corrected chi connectivity index (χ2v) is 12.4. The number of sulfonamides is 1. The first-order chi connectivity index (χ1) is 21.3. The zero-order valence-electron chi connectivity index (χ0n) is 24.8. The Bertz CT molecular complexity index is 1670. The van der Waals surface area contributed by atoms with E-state index in [9.17, 15) is 13.2 Å². The maximum atomic E-state index is 13.2. The number of aryl methyl sites for hydroxylation is 1. The number of hydrogen-bond acceptors (Lipinski definition) is 10. The van der Waals surface area contributed by atoms with Gasteiger partial charge in [0, 0.05) is 17.3 Å². The number of likely N-dealkylation sites (tertiary alicyclic amines) is 1. The highest BCUT2D eigenvalue weighted by Crippen LogP contribution is 2.34. The SMILES string of the molecule is COc1cc(-c2cc(Nc3ccc(N(OC=O)S(=O)(=O)c4ccc(C)cc4)cc3)ncn2)ccc1OCC1CCN(C)CC1. The van der Waals surface area contributed by atoms with Crippen LogP contribution in [0.3, 0.4) is 0 Å². The summed E-state index contributed by atoms with van der Waals surface area (Å²) < 4.78 is 38.7. The molecule has 12 heteroatoms. The second-order valence-electron chi connectivity index (χ2n) is 10.6. The summed E-state index contributed by atoms with van der Waals surface area (Å²) in [6.45, 7) is 4.75. The monoisotopic (exact) mass is 617 g/mol. The van der Waals surface area contributed by atoms with Crippen molar-refractivity contribution >= 4 is 33.7 Å². The molecule has 2 heterocycles. The molecule has 1 aromatic heterocycles. The number of nitrogens with one attached hydrogen (secondary N) is 1. The Hall–Kier alpha value is -4.68. The quantitative estimate of drug-likeness (QED) is 0.167. The molecule has 1 aliphatic heterocycles. The van der Waals surface area contributed by atoms with Crippen LogP contribution in [0.5, 0.6) is 11.5 Å². The van der Waals surface area contributed by atoms with Gasteiger partial charge >= 0.3 is 6.47 Å². The third-order valence-electron chi connectivity index (χ3n) is 7.47. The maximum Gasteiger partial charge on any atom is 0.322 e. The fourth-order valence-electron chi connectivity index (χ4n) is 4.88. The minimum Gasteiger partial charge on any atom is -0.493 e. The number of carbonyl (C=O) groups is 1. The van der Waals surface area contributed by atoms with Crippen molar-refractivity contribution < 1.29 is 27.5 Å². The largest absolute Gasteiger partial charge is 0.493 e. The van der Waals surface area contributed by atoms with Crippen LogP contribution in [0.15, 0.2) is 84.0 Å². The van der Waals surface area contributed by atoms with Gasteiger partial charge in [0.1, 0.15) is 12.1 Å². The predicted octanol–water partition coefficient (Wildman–Crippen LogP) is 5.21. The molecule has 5 rings (SSSR count).